The largest absolute Gasteiger partial charge is 0.447 e. The third-order valence-electron chi connectivity index (χ3n) is 3.10. The molecule has 0 spiro atoms. The SMILES string of the molecule is CCCCN(CCCC)S(=O)(=O)c1ccc(CNC)o1. The Bertz CT molecular complexity index is 474. The normalized spacial score (nSPS) is 12.2. The highest BCUT2D eigenvalue weighted by Crippen LogP contribution is 2.20. The quantitative estimate of drug-likeness (QED) is 0.721. The zero-order valence-electron chi connectivity index (χ0n) is 12.7. The van der Waals surface area contributed by atoms with Crippen LogP contribution in [0.5, 0.6) is 0 Å². The Morgan fingerprint density at radius 1 is 1.15 bits per heavy atom. The van der Waals surface area contributed by atoms with Gasteiger partial charge in [0.15, 0.2) is 0 Å². The van der Waals surface area contributed by atoms with Gasteiger partial charge in [-0.25, -0.2) is 8.42 Å². The zero-order valence-corrected chi connectivity index (χ0v) is 13.5. The summed E-state index contributed by atoms with van der Waals surface area (Å²) < 4.78 is 32.1. The van der Waals surface area contributed by atoms with E-state index in [2.05, 4.69) is 19.2 Å². The molecule has 0 aliphatic heterocycles. The number of nitrogens with zero attached hydrogens (tertiary/aromatic N) is 1. The van der Waals surface area contributed by atoms with Gasteiger partial charge in [-0.05, 0) is 32.0 Å². The van der Waals surface area contributed by atoms with Crippen molar-refractivity contribution in [2.75, 3.05) is 20.1 Å². The molecule has 0 bridgehead atoms. The van der Waals surface area contributed by atoms with E-state index >= 15 is 0 Å². The molecule has 1 aromatic heterocycles. The Morgan fingerprint density at radius 3 is 2.25 bits per heavy atom. The molecule has 1 heterocycles. The summed E-state index contributed by atoms with van der Waals surface area (Å²) in [4.78, 5) is 0. The third-order valence-corrected chi connectivity index (χ3v) is 4.88. The minimum absolute atomic E-state index is 0.0509. The summed E-state index contributed by atoms with van der Waals surface area (Å²) in [6.07, 6.45) is 3.68. The first-order chi connectivity index (χ1) is 9.56. The molecule has 0 unspecified atom stereocenters. The van der Waals surface area contributed by atoms with Gasteiger partial charge in [-0.3, -0.25) is 0 Å². The van der Waals surface area contributed by atoms with Crippen LogP contribution in [0.25, 0.3) is 0 Å². The van der Waals surface area contributed by atoms with Crippen molar-refractivity contribution in [1.82, 2.24) is 9.62 Å². The smallest absolute Gasteiger partial charge is 0.276 e. The molecule has 0 atom stereocenters. The number of rotatable bonds is 10. The molecule has 116 valence electrons. The van der Waals surface area contributed by atoms with Gasteiger partial charge in [-0.15, -0.1) is 0 Å². The fourth-order valence-electron chi connectivity index (χ4n) is 1.91. The van der Waals surface area contributed by atoms with Crippen LogP contribution < -0.4 is 5.32 Å². The highest BCUT2D eigenvalue weighted by molar-refractivity contribution is 7.89. The first-order valence-electron chi connectivity index (χ1n) is 7.29. The summed E-state index contributed by atoms with van der Waals surface area (Å²) in [5, 5.41) is 3.00. The van der Waals surface area contributed by atoms with Gasteiger partial charge in [-0.2, -0.15) is 4.31 Å². The van der Waals surface area contributed by atoms with Crippen molar-refractivity contribution in [3.63, 3.8) is 0 Å². The van der Waals surface area contributed by atoms with Crippen LogP contribution in [0.15, 0.2) is 21.6 Å². The molecule has 1 N–H and O–H groups in total. The molecule has 1 rings (SSSR count). The molecule has 0 aromatic carbocycles. The second-order valence-corrected chi connectivity index (χ2v) is 6.73. The Hall–Kier alpha value is -0.850. The number of unbranched alkanes of at least 4 members (excludes halogenated alkanes) is 2. The van der Waals surface area contributed by atoms with Gasteiger partial charge in [-0.1, -0.05) is 26.7 Å². The standard InChI is InChI=1S/C14H26N2O3S/c1-4-6-10-16(11-7-5-2)20(17,18)14-9-8-13(19-14)12-15-3/h8-9,15H,4-7,10-12H2,1-3H3. The van der Waals surface area contributed by atoms with Gasteiger partial charge in [0.05, 0.1) is 6.54 Å². The molecule has 0 saturated heterocycles. The summed E-state index contributed by atoms with van der Waals surface area (Å²) in [6.45, 7) is 5.76. The average molecular weight is 302 g/mol. The van der Waals surface area contributed by atoms with Crippen LogP contribution in [-0.2, 0) is 16.6 Å². The molecule has 0 radical (unpaired) electrons. The first kappa shape index (κ1) is 17.2. The van der Waals surface area contributed by atoms with Crippen molar-refractivity contribution in [3.8, 4) is 0 Å². The topological polar surface area (TPSA) is 62.6 Å². The summed E-state index contributed by atoms with van der Waals surface area (Å²) in [5.41, 5.74) is 0. The van der Waals surface area contributed by atoms with Crippen LogP contribution in [0.1, 0.15) is 45.3 Å². The number of furan rings is 1. The predicted molar refractivity (Wildman–Crippen MR) is 80.0 cm³/mol. The van der Waals surface area contributed by atoms with E-state index in [9.17, 15) is 8.42 Å². The van der Waals surface area contributed by atoms with E-state index in [-0.39, 0.29) is 5.09 Å². The van der Waals surface area contributed by atoms with Crippen molar-refractivity contribution in [2.24, 2.45) is 0 Å². The fourth-order valence-corrected chi connectivity index (χ4v) is 3.36. The lowest BCUT2D eigenvalue weighted by molar-refractivity contribution is 0.357. The van der Waals surface area contributed by atoms with Crippen LogP contribution in [0.2, 0.25) is 0 Å². The highest BCUT2D eigenvalue weighted by Gasteiger charge is 2.26. The fraction of sp³-hybridized carbons (Fsp3) is 0.714. The summed E-state index contributed by atoms with van der Waals surface area (Å²) >= 11 is 0. The Kier molecular flexibility index (Phi) is 7.26. The van der Waals surface area contributed by atoms with E-state index in [1.807, 2.05) is 0 Å². The van der Waals surface area contributed by atoms with Crippen LogP contribution in [0.3, 0.4) is 0 Å². The second kappa shape index (κ2) is 8.44. The lowest BCUT2D eigenvalue weighted by Crippen LogP contribution is -2.32. The van der Waals surface area contributed by atoms with E-state index in [1.54, 1.807) is 23.5 Å². The van der Waals surface area contributed by atoms with Gasteiger partial charge in [0, 0.05) is 13.1 Å². The van der Waals surface area contributed by atoms with Crippen molar-refractivity contribution in [1.29, 1.82) is 0 Å². The van der Waals surface area contributed by atoms with Crippen LogP contribution in [0.4, 0.5) is 0 Å². The summed E-state index contributed by atoms with van der Waals surface area (Å²) in [6, 6.07) is 3.26. The summed E-state index contributed by atoms with van der Waals surface area (Å²) in [7, 11) is -1.71. The lowest BCUT2D eigenvalue weighted by Gasteiger charge is -2.20. The maximum Gasteiger partial charge on any atom is 0.276 e. The average Bonchev–Trinajstić information content (AvgIpc) is 2.88. The monoisotopic (exact) mass is 302 g/mol. The molecule has 0 aliphatic rings. The molecule has 0 fully saturated rings. The van der Waals surface area contributed by atoms with Gasteiger partial charge in [0.25, 0.3) is 10.0 Å². The number of sulfonamides is 1. The first-order valence-corrected chi connectivity index (χ1v) is 8.73. The van der Waals surface area contributed by atoms with E-state index < -0.39 is 10.0 Å². The van der Waals surface area contributed by atoms with Gasteiger partial charge < -0.3 is 9.73 Å². The van der Waals surface area contributed by atoms with Crippen molar-refractivity contribution < 1.29 is 12.8 Å². The maximum absolute atomic E-state index is 12.6. The van der Waals surface area contributed by atoms with Gasteiger partial charge >= 0.3 is 0 Å². The molecule has 6 heteroatoms. The minimum atomic E-state index is -3.50. The Morgan fingerprint density at radius 2 is 1.75 bits per heavy atom. The van der Waals surface area contributed by atoms with E-state index in [0.717, 1.165) is 25.7 Å². The molecule has 0 saturated carbocycles. The zero-order chi connectivity index (χ0) is 15.0. The lowest BCUT2D eigenvalue weighted by atomic mass is 10.3. The Labute approximate surface area is 122 Å². The third kappa shape index (κ3) is 4.61. The molecule has 1 aromatic rings. The van der Waals surface area contributed by atoms with Crippen LogP contribution in [-0.4, -0.2) is 32.9 Å². The van der Waals surface area contributed by atoms with Crippen LogP contribution in [0, 0.1) is 0 Å². The number of nitrogens with one attached hydrogen (secondary N) is 1. The molecule has 5 nitrogen and oxygen atoms in total. The molecular weight excluding hydrogens is 276 g/mol. The van der Waals surface area contributed by atoms with E-state index in [4.69, 9.17) is 4.42 Å². The van der Waals surface area contributed by atoms with E-state index in [0.29, 0.717) is 25.4 Å². The Balaban J connectivity index is 2.88. The maximum atomic E-state index is 12.6. The predicted octanol–water partition coefficient (Wildman–Crippen LogP) is 2.59. The number of hydrogen-bond donors (Lipinski definition) is 1. The van der Waals surface area contributed by atoms with Crippen LogP contribution >= 0.6 is 0 Å². The number of hydrogen-bond acceptors (Lipinski definition) is 4. The van der Waals surface area contributed by atoms with Gasteiger partial charge in [0.2, 0.25) is 5.09 Å². The minimum Gasteiger partial charge on any atom is -0.447 e. The highest BCUT2D eigenvalue weighted by atomic mass is 32.2. The summed E-state index contributed by atoms with van der Waals surface area (Å²) in [5.74, 6) is 0.636. The molecule has 0 aliphatic carbocycles. The second-order valence-electron chi connectivity index (χ2n) is 4.86. The molecular formula is C14H26N2O3S. The van der Waals surface area contributed by atoms with E-state index in [1.165, 1.54) is 0 Å². The van der Waals surface area contributed by atoms with Gasteiger partial charge in [0.1, 0.15) is 5.76 Å². The molecule has 0 amide bonds. The van der Waals surface area contributed by atoms with Crippen molar-refractivity contribution >= 4 is 10.0 Å². The van der Waals surface area contributed by atoms with Crippen molar-refractivity contribution in [2.45, 2.75) is 51.2 Å². The van der Waals surface area contributed by atoms with Crippen molar-refractivity contribution in [3.05, 3.63) is 17.9 Å². The molecule has 20 heavy (non-hydrogen) atoms.